The topological polar surface area (TPSA) is 65.2 Å². The molecule has 5 nitrogen and oxygen atoms in total. The zero-order valence-corrected chi connectivity index (χ0v) is 19.5. The number of aromatic amines is 1. The molecule has 0 spiro atoms. The Labute approximate surface area is 193 Å². The molecule has 0 aliphatic heterocycles. The zero-order chi connectivity index (χ0) is 22.7. The highest BCUT2D eigenvalue weighted by Crippen LogP contribution is 2.21. The molecule has 1 fully saturated rings. The Kier molecular flexibility index (Phi) is 6.85. The van der Waals surface area contributed by atoms with Gasteiger partial charge in [0.15, 0.2) is 0 Å². The number of aryl methyl sites for hydroxylation is 2. The monoisotopic (exact) mass is 451 g/mol. The lowest BCUT2D eigenvalue weighted by atomic mass is 9.96. The Balaban J connectivity index is 1.62. The second-order valence-electron chi connectivity index (χ2n) is 8.86. The lowest BCUT2D eigenvalue weighted by Gasteiger charge is -2.28. The van der Waals surface area contributed by atoms with Gasteiger partial charge in [-0.05, 0) is 67.0 Å². The van der Waals surface area contributed by atoms with Crippen LogP contribution in [-0.2, 0) is 13.1 Å². The molecule has 0 saturated heterocycles. The highest BCUT2D eigenvalue weighted by Gasteiger charge is 2.21. The summed E-state index contributed by atoms with van der Waals surface area (Å²) >= 11 is 6.03. The molecule has 1 heterocycles. The number of aromatic nitrogens is 1. The fourth-order valence-electron chi connectivity index (χ4n) is 4.42. The molecule has 0 bridgehead atoms. The molecule has 32 heavy (non-hydrogen) atoms. The Morgan fingerprint density at radius 3 is 2.50 bits per heavy atom. The van der Waals surface area contributed by atoms with Crippen molar-refractivity contribution in [1.82, 2.24) is 15.2 Å². The van der Waals surface area contributed by atoms with Crippen LogP contribution in [0.5, 0.6) is 0 Å². The molecule has 0 atom stereocenters. The number of urea groups is 1. The standard InChI is InChI=1S/C26H30ClN3O2/c1-17-8-11-20-14-21(25(31)29-24(20)18(17)2)16-30(15-19-9-12-22(27)13-10-19)26(32)28-23-6-4-3-5-7-23/h8-14,23H,3-7,15-16H2,1-2H3,(H,28,32)(H,29,31). The minimum absolute atomic E-state index is 0.133. The van der Waals surface area contributed by atoms with Crippen LogP contribution in [-0.4, -0.2) is 22.0 Å². The van der Waals surface area contributed by atoms with Crippen LogP contribution in [0.2, 0.25) is 5.02 Å². The second kappa shape index (κ2) is 9.78. The van der Waals surface area contributed by atoms with Crippen LogP contribution in [0.25, 0.3) is 10.9 Å². The van der Waals surface area contributed by atoms with Crippen molar-refractivity contribution in [2.24, 2.45) is 0 Å². The number of nitrogens with zero attached hydrogens (tertiary/aromatic N) is 1. The summed E-state index contributed by atoms with van der Waals surface area (Å²) in [5.41, 5.74) is 4.45. The normalized spacial score (nSPS) is 14.5. The fourth-order valence-corrected chi connectivity index (χ4v) is 4.54. The van der Waals surface area contributed by atoms with Crippen LogP contribution < -0.4 is 10.9 Å². The van der Waals surface area contributed by atoms with Crippen LogP contribution >= 0.6 is 11.6 Å². The van der Waals surface area contributed by atoms with Crippen LogP contribution in [0.1, 0.15) is 54.4 Å². The quantitative estimate of drug-likeness (QED) is 0.511. The Morgan fingerprint density at radius 2 is 1.78 bits per heavy atom. The van der Waals surface area contributed by atoms with Gasteiger partial charge in [-0.25, -0.2) is 4.79 Å². The maximum atomic E-state index is 13.2. The number of hydrogen-bond acceptors (Lipinski definition) is 2. The van der Waals surface area contributed by atoms with Gasteiger partial charge in [0, 0.05) is 23.2 Å². The van der Waals surface area contributed by atoms with Crippen LogP contribution in [0.4, 0.5) is 4.79 Å². The minimum Gasteiger partial charge on any atom is -0.335 e. The number of carbonyl (C=O) groups is 1. The zero-order valence-electron chi connectivity index (χ0n) is 18.7. The third kappa shape index (κ3) is 5.16. The third-order valence-corrected chi connectivity index (χ3v) is 6.75. The van der Waals surface area contributed by atoms with Crippen molar-refractivity contribution in [3.63, 3.8) is 0 Å². The van der Waals surface area contributed by atoms with Crippen LogP contribution in [0.15, 0.2) is 47.3 Å². The Hall–Kier alpha value is -2.79. The summed E-state index contributed by atoms with van der Waals surface area (Å²) in [6, 6.07) is 13.5. The number of amides is 2. The van der Waals surface area contributed by atoms with Crippen molar-refractivity contribution >= 4 is 28.5 Å². The van der Waals surface area contributed by atoms with Crippen molar-refractivity contribution in [3.8, 4) is 0 Å². The summed E-state index contributed by atoms with van der Waals surface area (Å²) in [5.74, 6) is 0. The average Bonchev–Trinajstić information content (AvgIpc) is 2.79. The number of rotatable bonds is 5. The van der Waals surface area contributed by atoms with Crippen molar-refractivity contribution in [1.29, 1.82) is 0 Å². The largest absolute Gasteiger partial charge is 0.335 e. The fraction of sp³-hybridized carbons (Fsp3) is 0.385. The van der Waals surface area contributed by atoms with E-state index >= 15 is 0 Å². The van der Waals surface area contributed by atoms with E-state index in [2.05, 4.69) is 16.4 Å². The van der Waals surface area contributed by atoms with E-state index in [0.29, 0.717) is 17.1 Å². The molecule has 1 aliphatic carbocycles. The molecule has 2 N–H and O–H groups in total. The smallest absolute Gasteiger partial charge is 0.318 e. The summed E-state index contributed by atoms with van der Waals surface area (Å²) in [6.45, 7) is 4.68. The first-order valence-electron chi connectivity index (χ1n) is 11.3. The van der Waals surface area contributed by atoms with Crippen molar-refractivity contribution in [2.45, 2.75) is 65.1 Å². The molecule has 4 rings (SSSR count). The lowest BCUT2D eigenvalue weighted by Crippen LogP contribution is -2.45. The molecule has 2 amide bonds. The third-order valence-electron chi connectivity index (χ3n) is 6.50. The SMILES string of the molecule is Cc1ccc2cc(CN(Cc3ccc(Cl)cc3)C(=O)NC3CCCCC3)c(=O)[nH]c2c1C. The molecule has 1 saturated carbocycles. The van der Waals surface area contributed by atoms with Gasteiger partial charge in [0.1, 0.15) is 0 Å². The number of H-pyrrole nitrogens is 1. The highest BCUT2D eigenvalue weighted by atomic mass is 35.5. The number of hydrogen-bond donors (Lipinski definition) is 2. The van der Waals surface area contributed by atoms with Gasteiger partial charge < -0.3 is 15.2 Å². The number of carbonyl (C=O) groups excluding carboxylic acids is 1. The maximum absolute atomic E-state index is 13.2. The summed E-state index contributed by atoms with van der Waals surface area (Å²) in [5, 5.41) is 4.82. The molecule has 1 aromatic heterocycles. The van der Waals surface area contributed by atoms with Gasteiger partial charge in [0.2, 0.25) is 0 Å². The van der Waals surface area contributed by atoms with Gasteiger partial charge in [-0.15, -0.1) is 0 Å². The number of fused-ring (bicyclic) bond motifs is 1. The molecule has 2 aromatic carbocycles. The highest BCUT2D eigenvalue weighted by molar-refractivity contribution is 6.30. The Morgan fingerprint density at radius 1 is 1.06 bits per heavy atom. The van der Waals surface area contributed by atoms with E-state index in [1.807, 2.05) is 50.2 Å². The second-order valence-corrected chi connectivity index (χ2v) is 9.30. The number of benzene rings is 2. The van der Waals surface area contributed by atoms with E-state index in [9.17, 15) is 9.59 Å². The van der Waals surface area contributed by atoms with Gasteiger partial charge in [0.05, 0.1) is 12.1 Å². The molecule has 168 valence electrons. The predicted molar refractivity (Wildman–Crippen MR) is 130 cm³/mol. The molecule has 3 aromatic rings. The molecule has 0 unspecified atom stereocenters. The first-order valence-corrected chi connectivity index (χ1v) is 11.7. The summed E-state index contributed by atoms with van der Waals surface area (Å²) in [6.07, 6.45) is 5.54. The van der Waals surface area contributed by atoms with Crippen LogP contribution in [0, 0.1) is 13.8 Å². The maximum Gasteiger partial charge on any atom is 0.318 e. The summed E-state index contributed by atoms with van der Waals surface area (Å²) < 4.78 is 0. The number of pyridine rings is 1. The first-order chi connectivity index (χ1) is 15.4. The molecular formula is C26H30ClN3O2. The van der Waals surface area contributed by atoms with Crippen LogP contribution in [0.3, 0.4) is 0 Å². The van der Waals surface area contributed by atoms with Crippen molar-refractivity contribution in [2.75, 3.05) is 0 Å². The summed E-state index contributed by atoms with van der Waals surface area (Å²) in [7, 11) is 0. The van der Waals surface area contributed by atoms with Crippen molar-refractivity contribution < 1.29 is 4.79 Å². The lowest BCUT2D eigenvalue weighted by molar-refractivity contribution is 0.184. The van der Waals surface area contributed by atoms with E-state index in [4.69, 9.17) is 11.6 Å². The Bertz CT molecular complexity index is 1160. The van der Waals surface area contributed by atoms with Gasteiger partial charge in [-0.2, -0.15) is 0 Å². The molecule has 6 heteroatoms. The molecular weight excluding hydrogens is 422 g/mol. The minimum atomic E-state index is -0.155. The van der Waals surface area contributed by atoms with Gasteiger partial charge >= 0.3 is 6.03 Å². The van der Waals surface area contributed by atoms with E-state index in [-0.39, 0.29) is 24.2 Å². The average molecular weight is 452 g/mol. The molecule has 0 radical (unpaired) electrons. The predicted octanol–water partition coefficient (Wildman–Crippen LogP) is 5.84. The number of nitrogens with one attached hydrogen (secondary N) is 2. The number of halogens is 1. The van der Waals surface area contributed by atoms with Crippen molar-refractivity contribution in [3.05, 3.63) is 80.1 Å². The summed E-state index contributed by atoms with van der Waals surface area (Å²) in [4.78, 5) is 30.9. The van der Waals surface area contributed by atoms with E-state index in [0.717, 1.165) is 53.3 Å². The van der Waals surface area contributed by atoms with Gasteiger partial charge in [0.25, 0.3) is 5.56 Å². The first kappa shape index (κ1) is 22.4. The van der Waals surface area contributed by atoms with E-state index in [1.165, 1.54) is 6.42 Å². The van der Waals surface area contributed by atoms with Gasteiger partial charge in [-0.1, -0.05) is 55.1 Å². The van der Waals surface area contributed by atoms with E-state index in [1.54, 1.807) is 4.90 Å². The van der Waals surface area contributed by atoms with E-state index < -0.39 is 0 Å². The molecule has 1 aliphatic rings. The van der Waals surface area contributed by atoms with Gasteiger partial charge in [-0.3, -0.25) is 4.79 Å².